The Labute approximate surface area is 162 Å². The summed E-state index contributed by atoms with van der Waals surface area (Å²) in [6.45, 7) is -1.07. The fourth-order valence-electron chi connectivity index (χ4n) is 2.74. The predicted molar refractivity (Wildman–Crippen MR) is 99.4 cm³/mol. The molecule has 0 aliphatic rings. The van der Waals surface area contributed by atoms with Gasteiger partial charge in [-0.3, -0.25) is 4.79 Å². The molecular formula is C20H23F2NO5. The van der Waals surface area contributed by atoms with Gasteiger partial charge in [-0.25, -0.2) is 0 Å². The Morgan fingerprint density at radius 1 is 1.00 bits per heavy atom. The Morgan fingerprint density at radius 2 is 1.57 bits per heavy atom. The minimum atomic E-state index is -2.87. The number of hydrogen-bond acceptors (Lipinski definition) is 5. The van der Waals surface area contributed by atoms with Crippen molar-refractivity contribution in [3.63, 3.8) is 0 Å². The lowest BCUT2D eigenvalue weighted by Crippen LogP contribution is -2.28. The molecule has 2 rings (SSSR count). The molecule has 0 bridgehead atoms. The lowest BCUT2D eigenvalue weighted by molar-refractivity contribution is -0.121. The zero-order chi connectivity index (χ0) is 20.7. The van der Waals surface area contributed by atoms with Crippen LogP contribution in [0.4, 0.5) is 8.78 Å². The molecular weight excluding hydrogens is 372 g/mol. The van der Waals surface area contributed by atoms with Crippen LogP contribution in [0.2, 0.25) is 0 Å². The standard InChI is InChI=1S/C20H23F2NO5/c1-12(14-5-7-15(8-6-14)28-20(21)22)23-18(24)11-13-9-16(25-2)19(27-4)17(10-13)26-3/h5-10,12,20H,11H2,1-4H3,(H,23,24)/t12-/m1/s1. The molecule has 1 atom stereocenters. The Balaban J connectivity index is 2.05. The molecule has 6 nitrogen and oxygen atoms in total. The Hall–Kier alpha value is -3.03. The number of carbonyl (C=O) groups excluding carboxylic acids is 1. The van der Waals surface area contributed by atoms with Gasteiger partial charge in [0.2, 0.25) is 11.7 Å². The van der Waals surface area contributed by atoms with Crippen molar-refractivity contribution >= 4 is 5.91 Å². The monoisotopic (exact) mass is 395 g/mol. The summed E-state index contributed by atoms with van der Waals surface area (Å²) < 4.78 is 44.6. The van der Waals surface area contributed by atoms with E-state index in [1.165, 1.54) is 33.5 Å². The van der Waals surface area contributed by atoms with Gasteiger partial charge in [0, 0.05) is 0 Å². The fourth-order valence-corrected chi connectivity index (χ4v) is 2.74. The van der Waals surface area contributed by atoms with Crippen molar-refractivity contribution in [2.24, 2.45) is 0 Å². The number of halogens is 2. The summed E-state index contributed by atoms with van der Waals surface area (Å²) in [6, 6.07) is 9.23. The van der Waals surface area contributed by atoms with Crippen LogP contribution in [0.15, 0.2) is 36.4 Å². The van der Waals surface area contributed by atoms with Gasteiger partial charge in [0.1, 0.15) is 5.75 Å². The molecule has 0 aromatic heterocycles. The van der Waals surface area contributed by atoms with Crippen molar-refractivity contribution in [1.82, 2.24) is 5.32 Å². The number of amides is 1. The van der Waals surface area contributed by atoms with Crippen LogP contribution in [0, 0.1) is 0 Å². The zero-order valence-corrected chi connectivity index (χ0v) is 16.1. The van der Waals surface area contributed by atoms with E-state index in [1.807, 2.05) is 0 Å². The smallest absolute Gasteiger partial charge is 0.387 e. The topological polar surface area (TPSA) is 66.0 Å². The number of alkyl halides is 2. The minimum absolute atomic E-state index is 0.0645. The molecule has 1 N–H and O–H groups in total. The van der Waals surface area contributed by atoms with Gasteiger partial charge in [0.05, 0.1) is 33.8 Å². The van der Waals surface area contributed by atoms with Crippen molar-refractivity contribution in [2.75, 3.05) is 21.3 Å². The molecule has 0 radical (unpaired) electrons. The molecule has 8 heteroatoms. The highest BCUT2D eigenvalue weighted by Crippen LogP contribution is 2.38. The number of hydrogen-bond donors (Lipinski definition) is 1. The van der Waals surface area contributed by atoms with E-state index in [9.17, 15) is 13.6 Å². The molecule has 0 aliphatic carbocycles. The van der Waals surface area contributed by atoms with Crippen LogP contribution in [-0.4, -0.2) is 33.8 Å². The second kappa shape index (κ2) is 9.77. The lowest BCUT2D eigenvalue weighted by Gasteiger charge is -2.16. The first-order chi connectivity index (χ1) is 13.4. The van der Waals surface area contributed by atoms with Gasteiger partial charge in [-0.05, 0) is 42.3 Å². The summed E-state index contributed by atoms with van der Waals surface area (Å²) in [5.41, 5.74) is 1.46. The molecule has 0 fully saturated rings. The average Bonchev–Trinajstić information content (AvgIpc) is 2.66. The van der Waals surface area contributed by atoms with Crippen molar-refractivity contribution in [1.29, 1.82) is 0 Å². The first-order valence-electron chi connectivity index (χ1n) is 8.51. The van der Waals surface area contributed by atoms with Crippen molar-refractivity contribution < 1.29 is 32.5 Å². The highest BCUT2D eigenvalue weighted by Gasteiger charge is 2.16. The van der Waals surface area contributed by atoms with Crippen LogP contribution in [0.1, 0.15) is 24.1 Å². The molecule has 2 aromatic rings. The highest BCUT2D eigenvalue weighted by atomic mass is 19.3. The zero-order valence-electron chi connectivity index (χ0n) is 16.1. The van der Waals surface area contributed by atoms with Crippen LogP contribution in [0.3, 0.4) is 0 Å². The van der Waals surface area contributed by atoms with Gasteiger partial charge < -0.3 is 24.3 Å². The van der Waals surface area contributed by atoms with Crippen molar-refractivity contribution in [3.8, 4) is 23.0 Å². The van der Waals surface area contributed by atoms with Gasteiger partial charge in [-0.2, -0.15) is 8.78 Å². The van der Waals surface area contributed by atoms with Crippen LogP contribution in [0.5, 0.6) is 23.0 Å². The van der Waals surface area contributed by atoms with E-state index < -0.39 is 6.61 Å². The number of ether oxygens (including phenoxy) is 4. The molecule has 0 saturated heterocycles. The summed E-state index contributed by atoms with van der Waals surface area (Å²) in [7, 11) is 4.52. The Bertz CT molecular complexity index is 771. The van der Waals surface area contributed by atoms with Crippen molar-refractivity contribution in [3.05, 3.63) is 47.5 Å². The maximum Gasteiger partial charge on any atom is 0.387 e. The summed E-state index contributed by atoms with van der Waals surface area (Å²) in [4.78, 5) is 12.4. The summed E-state index contributed by atoms with van der Waals surface area (Å²) in [5.74, 6) is 1.23. The third-order valence-electron chi connectivity index (χ3n) is 4.07. The Kier molecular flexibility index (Phi) is 7.43. The van der Waals surface area contributed by atoms with Gasteiger partial charge in [-0.1, -0.05) is 12.1 Å². The molecule has 0 unspecified atom stereocenters. The van der Waals surface area contributed by atoms with E-state index >= 15 is 0 Å². The quantitative estimate of drug-likeness (QED) is 0.701. The van der Waals surface area contributed by atoms with E-state index in [4.69, 9.17) is 14.2 Å². The summed E-state index contributed by atoms with van der Waals surface area (Å²) in [5, 5.41) is 2.87. The molecule has 1 amide bonds. The van der Waals surface area contributed by atoms with Crippen LogP contribution < -0.4 is 24.3 Å². The first kappa shape index (κ1) is 21.3. The molecule has 152 valence electrons. The lowest BCUT2D eigenvalue weighted by atomic mass is 10.1. The van der Waals surface area contributed by atoms with Gasteiger partial charge >= 0.3 is 6.61 Å². The predicted octanol–water partition coefficient (Wildman–Crippen LogP) is 3.73. The Morgan fingerprint density at radius 3 is 2.04 bits per heavy atom. The maximum absolute atomic E-state index is 12.4. The van der Waals surface area contributed by atoms with Crippen LogP contribution in [-0.2, 0) is 11.2 Å². The second-order valence-corrected chi connectivity index (χ2v) is 5.95. The van der Waals surface area contributed by atoms with Crippen LogP contribution >= 0.6 is 0 Å². The number of nitrogens with one attached hydrogen (secondary N) is 1. The maximum atomic E-state index is 12.4. The number of rotatable bonds is 9. The normalized spacial score (nSPS) is 11.7. The van der Waals surface area contributed by atoms with Gasteiger partial charge in [0.25, 0.3) is 0 Å². The fraction of sp³-hybridized carbons (Fsp3) is 0.350. The number of carbonyl (C=O) groups is 1. The number of methoxy groups -OCH3 is 3. The molecule has 28 heavy (non-hydrogen) atoms. The molecule has 0 aliphatic heterocycles. The summed E-state index contributed by atoms with van der Waals surface area (Å²) in [6.07, 6.45) is 0.105. The van der Waals surface area contributed by atoms with E-state index in [1.54, 1.807) is 31.2 Å². The highest BCUT2D eigenvalue weighted by molar-refractivity contribution is 5.79. The van der Waals surface area contributed by atoms with E-state index in [0.29, 0.717) is 22.8 Å². The molecule has 0 heterocycles. The molecule has 2 aromatic carbocycles. The minimum Gasteiger partial charge on any atom is -0.493 e. The SMILES string of the molecule is COc1cc(CC(=O)N[C@H](C)c2ccc(OC(F)F)cc2)cc(OC)c1OC. The van der Waals surface area contributed by atoms with E-state index in [2.05, 4.69) is 10.1 Å². The third-order valence-corrected chi connectivity index (χ3v) is 4.07. The number of benzene rings is 2. The van der Waals surface area contributed by atoms with E-state index in [0.717, 1.165) is 5.56 Å². The van der Waals surface area contributed by atoms with Gasteiger partial charge in [-0.15, -0.1) is 0 Å². The molecule has 0 spiro atoms. The first-order valence-corrected chi connectivity index (χ1v) is 8.51. The molecule has 0 saturated carbocycles. The van der Waals surface area contributed by atoms with Gasteiger partial charge in [0.15, 0.2) is 11.5 Å². The van der Waals surface area contributed by atoms with Crippen molar-refractivity contribution in [2.45, 2.75) is 26.0 Å². The second-order valence-electron chi connectivity index (χ2n) is 5.95. The largest absolute Gasteiger partial charge is 0.493 e. The van der Waals surface area contributed by atoms with Crippen LogP contribution in [0.25, 0.3) is 0 Å². The average molecular weight is 395 g/mol. The summed E-state index contributed by atoms with van der Waals surface area (Å²) >= 11 is 0. The third kappa shape index (κ3) is 5.48. The van der Waals surface area contributed by atoms with E-state index in [-0.39, 0.29) is 24.1 Å².